The van der Waals surface area contributed by atoms with Crippen LogP contribution in [0.25, 0.3) is 0 Å². The maximum atomic E-state index is 9.48. The molecule has 2 aliphatic rings. The Labute approximate surface area is 110 Å². The molecule has 2 aliphatic carbocycles. The zero-order chi connectivity index (χ0) is 11.8. The minimum Gasteiger partial charge on any atom is -0.391 e. The third-order valence-corrected chi connectivity index (χ3v) is 4.57. The van der Waals surface area contributed by atoms with Gasteiger partial charge < -0.3 is 9.67 Å². The Morgan fingerprint density at radius 1 is 1.35 bits per heavy atom. The summed E-state index contributed by atoms with van der Waals surface area (Å²) in [7, 11) is 0. The molecule has 1 heterocycles. The van der Waals surface area contributed by atoms with E-state index in [1.54, 1.807) is 11.8 Å². The van der Waals surface area contributed by atoms with Gasteiger partial charge in [0.05, 0.1) is 6.10 Å². The van der Waals surface area contributed by atoms with E-state index in [1.165, 1.54) is 25.7 Å². The third-order valence-electron chi connectivity index (χ3n) is 3.13. The number of aliphatic hydroxyl groups is 1. The Morgan fingerprint density at radius 2 is 2.12 bits per heavy atom. The summed E-state index contributed by atoms with van der Waals surface area (Å²) in [4.78, 5) is 0. The summed E-state index contributed by atoms with van der Waals surface area (Å²) in [5.74, 6) is 2.67. The molecular formula is C11H16ClN3OS. The van der Waals surface area contributed by atoms with Crippen molar-refractivity contribution in [3.8, 4) is 0 Å². The van der Waals surface area contributed by atoms with Crippen LogP contribution in [-0.4, -0.2) is 37.6 Å². The van der Waals surface area contributed by atoms with Crippen molar-refractivity contribution in [2.45, 2.75) is 48.9 Å². The second-order valence-corrected chi connectivity index (χ2v) is 6.13. The first-order valence-electron chi connectivity index (χ1n) is 6.11. The van der Waals surface area contributed by atoms with E-state index in [4.69, 9.17) is 11.6 Å². The quantitative estimate of drug-likeness (QED) is 0.638. The summed E-state index contributed by atoms with van der Waals surface area (Å²) in [6.07, 6.45) is 4.52. The molecule has 2 saturated carbocycles. The Balaban J connectivity index is 1.74. The molecule has 0 saturated heterocycles. The Morgan fingerprint density at radius 3 is 2.71 bits per heavy atom. The molecule has 0 spiro atoms. The Hall–Kier alpha value is -0.260. The van der Waals surface area contributed by atoms with Crippen LogP contribution in [0.3, 0.4) is 0 Å². The largest absolute Gasteiger partial charge is 0.391 e. The molecule has 0 aliphatic heterocycles. The fourth-order valence-electron chi connectivity index (χ4n) is 1.90. The zero-order valence-electron chi connectivity index (χ0n) is 9.55. The maximum absolute atomic E-state index is 9.48. The van der Waals surface area contributed by atoms with E-state index in [-0.39, 0.29) is 5.88 Å². The number of hydrogen-bond acceptors (Lipinski definition) is 4. The molecule has 6 heteroatoms. The summed E-state index contributed by atoms with van der Waals surface area (Å²) >= 11 is 7.16. The molecular weight excluding hydrogens is 258 g/mol. The number of halogens is 1. The molecule has 0 aromatic carbocycles. The molecule has 0 radical (unpaired) electrons. The summed E-state index contributed by atoms with van der Waals surface area (Å²) in [5.41, 5.74) is 0. The lowest BCUT2D eigenvalue weighted by Gasteiger charge is -2.09. The van der Waals surface area contributed by atoms with Crippen molar-refractivity contribution < 1.29 is 5.11 Å². The highest BCUT2D eigenvalue weighted by Crippen LogP contribution is 2.45. The highest BCUT2D eigenvalue weighted by molar-refractivity contribution is 7.99. The Bertz CT molecular complexity index is 403. The van der Waals surface area contributed by atoms with E-state index in [0.717, 1.165) is 11.0 Å². The van der Waals surface area contributed by atoms with Crippen LogP contribution < -0.4 is 0 Å². The van der Waals surface area contributed by atoms with E-state index >= 15 is 0 Å². The minimum absolute atomic E-state index is 0.278. The Kier molecular flexibility index (Phi) is 3.32. The van der Waals surface area contributed by atoms with Gasteiger partial charge in [-0.25, -0.2) is 0 Å². The maximum Gasteiger partial charge on any atom is 0.191 e. The monoisotopic (exact) mass is 273 g/mol. The second-order valence-electron chi connectivity index (χ2n) is 4.84. The van der Waals surface area contributed by atoms with E-state index in [1.807, 2.05) is 0 Å². The van der Waals surface area contributed by atoms with Gasteiger partial charge in [-0.05, 0) is 25.7 Å². The van der Waals surface area contributed by atoms with Gasteiger partial charge in [0, 0.05) is 23.6 Å². The molecule has 1 N–H and O–H groups in total. The van der Waals surface area contributed by atoms with Crippen LogP contribution in [-0.2, 0) is 0 Å². The number of rotatable bonds is 6. The first kappa shape index (κ1) is 11.8. The first-order valence-corrected chi connectivity index (χ1v) is 7.63. The van der Waals surface area contributed by atoms with Gasteiger partial charge in [0.2, 0.25) is 0 Å². The number of hydrogen-bond donors (Lipinski definition) is 1. The molecule has 4 nitrogen and oxygen atoms in total. The number of aromatic nitrogens is 3. The fourth-order valence-corrected chi connectivity index (χ4v) is 3.08. The van der Waals surface area contributed by atoms with E-state index in [0.29, 0.717) is 17.7 Å². The molecule has 0 bridgehead atoms. The minimum atomic E-state index is -0.463. The highest BCUT2D eigenvalue weighted by Gasteiger charge is 2.36. The van der Waals surface area contributed by atoms with Gasteiger partial charge in [-0.1, -0.05) is 11.8 Å². The van der Waals surface area contributed by atoms with Gasteiger partial charge in [-0.2, -0.15) is 0 Å². The molecule has 94 valence electrons. The number of thioether (sulfide) groups is 1. The molecule has 1 atom stereocenters. The van der Waals surface area contributed by atoms with Crippen LogP contribution >= 0.6 is 23.4 Å². The topological polar surface area (TPSA) is 50.9 Å². The zero-order valence-corrected chi connectivity index (χ0v) is 11.1. The van der Waals surface area contributed by atoms with Crippen molar-refractivity contribution in [2.24, 2.45) is 0 Å². The highest BCUT2D eigenvalue weighted by atomic mass is 35.5. The normalized spacial score (nSPS) is 21.8. The molecule has 2 fully saturated rings. The summed E-state index contributed by atoms with van der Waals surface area (Å²) in [5, 5.41) is 19.0. The third kappa shape index (κ3) is 2.61. The van der Waals surface area contributed by atoms with Crippen molar-refractivity contribution in [3.05, 3.63) is 5.82 Å². The van der Waals surface area contributed by atoms with Crippen LogP contribution in [0, 0.1) is 0 Å². The molecule has 1 aromatic heterocycles. The van der Waals surface area contributed by atoms with Crippen molar-refractivity contribution in [1.82, 2.24) is 14.8 Å². The second kappa shape index (κ2) is 4.78. The SMILES string of the molecule is OC(CCl)CSc1nnc(C2CC2)n1C1CC1. The number of aliphatic hydroxyl groups excluding tert-OH is 1. The van der Waals surface area contributed by atoms with Gasteiger partial charge in [0.1, 0.15) is 5.82 Å². The van der Waals surface area contributed by atoms with Gasteiger partial charge >= 0.3 is 0 Å². The van der Waals surface area contributed by atoms with Gasteiger partial charge in [0.25, 0.3) is 0 Å². The average Bonchev–Trinajstić information content (AvgIpc) is 3.24. The van der Waals surface area contributed by atoms with Crippen molar-refractivity contribution in [3.63, 3.8) is 0 Å². The van der Waals surface area contributed by atoms with Crippen molar-refractivity contribution >= 4 is 23.4 Å². The van der Waals surface area contributed by atoms with E-state index in [9.17, 15) is 5.11 Å². The molecule has 1 unspecified atom stereocenters. The predicted molar refractivity (Wildman–Crippen MR) is 67.7 cm³/mol. The first-order chi connectivity index (χ1) is 8.29. The van der Waals surface area contributed by atoms with Crippen LogP contribution in [0.4, 0.5) is 0 Å². The molecule has 1 aromatic rings. The van der Waals surface area contributed by atoms with Gasteiger partial charge in [-0.3, -0.25) is 0 Å². The lowest BCUT2D eigenvalue weighted by Crippen LogP contribution is -2.12. The van der Waals surface area contributed by atoms with E-state index in [2.05, 4.69) is 14.8 Å². The number of nitrogens with zero attached hydrogens (tertiary/aromatic N) is 3. The number of alkyl halides is 1. The molecule has 3 rings (SSSR count). The van der Waals surface area contributed by atoms with Gasteiger partial charge in [0.15, 0.2) is 5.16 Å². The van der Waals surface area contributed by atoms with Crippen molar-refractivity contribution in [2.75, 3.05) is 11.6 Å². The van der Waals surface area contributed by atoms with Crippen LogP contribution in [0.2, 0.25) is 0 Å². The van der Waals surface area contributed by atoms with Crippen LogP contribution in [0.15, 0.2) is 5.16 Å². The van der Waals surface area contributed by atoms with Gasteiger partial charge in [-0.15, -0.1) is 21.8 Å². The smallest absolute Gasteiger partial charge is 0.191 e. The fraction of sp³-hybridized carbons (Fsp3) is 0.818. The predicted octanol–water partition coefficient (Wildman–Crippen LogP) is 2.18. The van der Waals surface area contributed by atoms with Crippen LogP contribution in [0.5, 0.6) is 0 Å². The molecule has 0 amide bonds. The standard InChI is InChI=1S/C11H16ClN3OS/c12-5-9(16)6-17-11-14-13-10(7-1-2-7)15(11)8-3-4-8/h7-9,16H,1-6H2. The van der Waals surface area contributed by atoms with Crippen LogP contribution in [0.1, 0.15) is 43.5 Å². The summed E-state index contributed by atoms with van der Waals surface area (Å²) in [6.45, 7) is 0. The lowest BCUT2D eigenvalue weighted by molar-refractivity contribution is 0.223. The van der Waals surface area contributed by atoms with E-state index < -0.39 is 6.10 Å². The summed E-state index contributed by atoms with van der Waals surface area (Å²) in [6, 6.07) is 0.608. The average molecular weight is 274 g/mol. The summed E-state index contributed by atoms with van der Waals surface area (Å²) < 4.78 is 2.29. The van der Waals surface area contributed by atoms with Crippen molar-refractivity contribution in [1.29, 1.82) is 0 Å². The molecule has 17 heavy (non-hydrogen) atoms. The lowest BCUT2D eigenvalue weighted by atomic mass is 10.4.